The average molecular weight is 525 g/mol. The Bertz CT molecular complexity index is 1600. The molecule has 0 amide bonds. The molecular formula is C29H32N8O2. The van der Waals surface area contributed by atoms with Crippen LogP contribution in [0.15, 0.2) is 61.2 Å². The largest absolute Gasteiger partial charge is 0.495 e. The Hall–Kier alpha value is -4.15. The highest BCUT2D eigenvalue weighted by molar-refractivity contribution is 5.85. The van der Waals surface area contributed by atoms with E-state index < -0.39 is 0 Å². The van der Waals surface area contributed by atoms with Crippen molar-refractivity contribution in [2.24, 2.45) is 0 Å². The first-order chi connectivity index (χ1) is 19.2. The van der Waals surface area contributed by atoms with Gasteiger partial charge in [0.25, 0.3) is 0 Å². The van der Waals surface area contributed by atoms with E-state index in [4.69, 9.17) is 14.5 Å². The number of rotatable bonds is 6. The van der Waals surface area contributed by atoms with Gasteiger partial charge in [0, 0.05) is 67.9 Å². The summed E-state index contributed by atoms with van der Waals surface area (Å²) < 4.78 is 13.3. The second-order valence-corrected chi connectivity index (χ2v) is 10.2. The SMILES string of the molecule is COc1cc(Nc2nc(-c3ccc4cc[nH]c4c3)cn3ncnc23)ccc1N1CCN(C2CCCOC2)CC1. The summed E-state index contributed by atoms with van der Waals surface area (Å²) in [5.74, 6) is 1.47. The molecular weight excluding hydrogens is 492 g/mol. The van der Waals surface area contributed by atoms with Gasteiger partial charge in [0.2, 0.25) is 0 Å². The van der Waals surface area contributed by atoms with Crippen LogP contribution in [0.3, 0.4) is 0 Å². The van der Waals surface area contributed by atoms with Gasteiger partial charge in [0.15, 0.2) is 11.5 Å². The Balaban J connectivity index is 1.13. The van der Waals surface area contributed by atoms with Gasteiger partial charge in [-0.1, -0.05) is 12.1 Å². The molecule has 0 aliphatic carbocycles. The molecule has 39 heavy (non-hydrogen) atoms. The Morgan fingerprint density at radius 1 is 1.08 bits per heavy atom. The first kappa shape index (κ1) is 23.9. The van der Waals surface area contributed by atoms with Crippen LogP contribution in [-0.2, 0) is 4.74 Å². The topological polar surface area (TPSA) is 95.8 Å². The molecule has 2 aromatic carbocycles. The lowest BCUT2D eigenvalue weighted by atomic mass is 10.1. The van der Waals surface area contributed by atoms with Crippen molar-refractivity contribution in [1.82, 2.24) is 29.5 Å². The molecule has 200 valence electrons. The van der Waals surface area contributed by atoms with Crippen LogP contribution in [0.1, 0.15) is 12.8 Å². The van der Waals surface area contributed by atoms with Gasteiger partial charge in [-0.3, -0.25) is 4.90 Å². The molecule has 3 aromatic heterocycles. The zero-order chi connectivity index (χ0) is 26.2. The molecule has 5 heterocycles. The second-order valence-electron chi connectivity index (χ2n) is 10.2. The molecule has 10 nitrogen and oxygen atoms in total. The maximum absolute atomic E-state index is 5.85. The number of nitrogens with zero attached hydrogens (tertiary/aromatic N) is 6. The fourth-order valence-corrected chi connectivity index (χ4v) is 5.75. The van der Waals surface area contributed by atoms with E-state index in [2.05, 4.69) is 66.6 Å². The molecule has 0 bridgehead atoms. The first-order valence-electron chi connectivity index (χ1n) is 13.5. The second kappa shape index (κ2) is 10.2. The minimum Gasteiger partial charge on any atom is -0.495 e. The zero-order valence-corrected chi connectivity index (χ0v) is 22.0. The summed E-state index contributed by atoms with van der Waals surface area (Å²) in [6.45, 7) is 5.77. The van der Waals surface area contributed by atoms with Crippen LogP contribution in [-0.4, -0.2) is 82.0 Å². The minimum absolute atomic E-state index is 0.552. The number of hydrogen-bond donors (Lipinski definition) is 2. The number of methoxy groups -OCH3 is 1. The summed E-state index contributed by atoms with van der Waals surface area (Å²) in [6.07, 6.45) is 7.79. The monoisotopic (exact) mass is 524 g/mol. The quantitative estimate of drug-likeness (QED) is 0.339. The number of piperazine rings is 1. The maximum Gasteiger partial charge on any atom is 0.198 e. The third-order valence-corrected chi connectivity index (χ3v) is 7.86. The maximum atomic E-state index is 5.85. The summed E-state index contributed by atoms with van der Waals surface area (Å²) >= 11 is 0. The Morgan fingerprint density at radius 3 is 2.85 bits per heavy atom. The van der Waals surface area contributed by atoms with E-state index in [1.54, 1.807) is 18.0 Å². The van der Waals surface area contributed by atoms with Gasteiger partial charge in [-0.05, 0) is 42.5 Å². The number of aromatic nitrogens is 5. The average Bonchev–Trinajstić information content (AvgIpc) is 3.67. The molecule has 2 aliphatic rings. The molecule has 1 unspecified atom stereocenters. The zero-order valence-electron chi connectivity index (χ0n) is 22.0. The molecule has 0 radical (unpaired) electrons. The number of H-pyrrole nitrogens is 1. The van der Waals surface area contributed by atoms with Crippen molar-refractivity contribution in [2.75, 3.05) is 56.7 Å². The fraction of sp³-hybridized carbons (Fsp3) is 0.345. The Labute approximate surface area is 226 Å². The number of nitrogens with one attached hydrogen (secondary N) is 2. The third kappa shape index (κ3) is 4.66. The number of anilines is 3. The van der Waals surface area contributed by atoms with E-state index in [0.717, 1.165) is 85.1 Å². The van der Waals surface area contributed by atoms with Crippen molar-refractivity contribution >= 4 is 33.7 Å². The molecule has 0 spiro atoms. The number of aromatic amines is 1. The Morgan fingerprint density at radius 2 is 2.00 bits per heavy atom. The van der Waals surface area contributed by atoms with Crippen LogP contribution in [0.2, 0.25) is 0 Å². The summed E-state index contributed by atoms with van der Waals surface area (Å²) in [7, 11) is 1.73. The molecule has 7 rings (SSSR count). The highest BCUT2D eigenvalue weighted by atomic mass is 16.5. The van der Waals surface area contributed by atoms with E-state index in [0.29, 0.717) is 17.5 Å². The predicted molar refractivity (Wildman–Crippen MR) is 152 cm³/mol. The van der Waals surface area contributed by atoms with Gasteiger partial charge in [-0.25, -0.2) is 14.5 Å². The van der Waals surface area contributed by atoms with Gasteiger partial charge in [-0.15, -0.1) is 0 Å². The Kier molecular flexibility index (Phi) is 6.26. The number of ether oxygens (including phenoxy) is 2. The summed E-state index contributed by atoms with van der Waals surface area (Å²) in [4.78, 5) is 17.6. The van der Waals surface area contributed by atoms with Crippen molar-refractivity contribution in [1.29, 1.82) is 0 Å². The van der Waals surface area contributed by atoms with Crippen molar-refractivity contribution in [3.63, 3.8) is 0 Å². The smallest absolute Gasteiger partial charge is 0.198 e. The van der Waals surface area contributed by atoms with E-state index in [-0.39, 0.29) is 0 Å². The standard InChI is InChI=1S/C29H32N8O2/c1-38-27-16-22(6-7-26(27)36-12-10-35(11-13-36)23-3-2-14-39-18-23)33-28-29-31-19-32-37(29)17-25(34-28)21-5-4-20-8-9-30-24(20)15-21/h4-9,15-17,19,23,30H,2-3,10-14,18H2,1H3,(H,33,34). The predicted octanol–water partition coefficient (Wildman–Crippen LogP) is 4.33. The van der Waals surface area contributed by atoms with Gasteiger partial charge in [-0.2, -0.15) is 5.10 Å². The van der Waals surface area contributed by atoms with Crippen LogP contribution in [0, 0.1) is 0 Å². The highest BCUT2D eigenvalue weighted by Crippen LogP contribution is 2.34. The van der Waals surface area contributed by atoms with E-state index >= 15 is 0 Å². The third-order valence-electron chi connectivity index (χ3n) is 7.86. The molecule has 2 fully saturated rings. The fourth-order valence-electron chi connectivity index (χ4n) is 5.75. The van der Waals surface area contributed by atoms with Crippen molar-refractivity contribution in [2.45, 2.75) is 18.9 Å². The molecule has 0 saturated carbocycles. The van der Waals surface area contributed by atoms with Gasteiger partial charge >= 0.3 is 0 Å². The van der Waals surface area contributed by atoms with Crippen LogP contribution >= 0.6 is 0 Å². The molecule has 2 aliphatic heterocycles. The van der Waals surface area contributed by atoms with Crippen molar-refractivity contribution < 1.29 is 9.47 Å². The van der Waals surface area contributed by atoms with Gasteiger partial charge < -0.3 is 24.7 Å². The minimum atomic E-state index is 0.552. The van der Waals surface area contributed by atoms with Crippen LogP contribution < -0.4 is 15.0 Å². The normalized spacial score (nSPS) is 18.6. The number of benzene rings is 2. The molecule has 1 atom stereocenters. The van der Waals surface area contributed by atoms with Gasteiger partial charge in [0.1, 0.15) is 12.1 Å². The number of hydrogen-bond acceptors (Lipinski definition) is 8. The van der Waals surface area contributed by atoms with Crippen molar-refractivity contribution in [3.8, 4) is 17.0 Å². The highest BCUT2D eigenvalue weighted by Gasteiger charge is 2.27. The summed E-state index contributed by atoms with van der Waals surface area (Å²) in [6, 6.07) is 15.1. The molecule has 2 saturated heterocycles. The first-order valence-corrected chi connectivity index (χ1v) is 13.5. The lowest BCUT2D eigenvalue weighted by Crippen LogP contribution is -2.52. The van der Waals surface area contributed by atoms with Crippen LogP contribution in [0.5, 0.6) is 5.75 Å². The molecule has 5 aromatic rings. The molecule has 2 N–H and O–H groups in total. The summed E-state index contributed by atoms with van der Waals surface area (Å²) in [5.41, 5.74) is 5.51. The molecule has 10 heteroatoms. The van der Waals surface area contributed by atoms with Crippen LogP contribution in [0.25, 0.3) is 27.8 Å². The van der Waals surface area contributed by atoms with E-state index in [9.17, 15) is 0 Å². The van der Waals surface area contributed by atoms with Gasteiger partial charge in [0.05, 0.1) is 31.3 Å². The van der Waals surface area contributed by atoms with Crippen LogP contribution in [0.4, 0.5) is 17.2 Å². The van der Waals surface area contributed by atoms with E-state index in [1.165, 1.54) is 6.42 Å². The summed E-state index contributed by atoms with van der Waals surface area (Å²) in [5, 5.41) is 9.01. The lowest BCUT2D eigenvalue weighted by molar-refractivity contribution is 0.0159. The number of fused-ring (bicyclic) bond motifs is 2. The van der Waals surface area contributed by atoms with E-state index in [1.807, 2.05) is 18.5 Å². The lowest BCUT2D eigenvalue weighted by Gasteiger charge is -2.41. The van der Waals surface area contributed by atoms with Crippen molar-refractivity contribution in [3.05, 3.63) is 61.2 Å².